The smallest absolute Gasteiger partial charge is 0.323 e. The number of aliphatic hydroxyl groups is 1. The summed E-state index contributed by atoms with van der Waals surface area (Å²) in [7, 11) is 6.14. The Morgan fingerprint density at radius 2 is 2.07 bits per heavy atom. The minimum absolute atomic E-state index is 0.0373. The fourth-order valence-corrected chi connectivity index (χ4v) is 4.33. The summed E-state index contributed by atoms with van der Waals surface area (Å²) in [6.45, 7) is 1.82. The first-order chi connectivity index (χ1) is 13.9. The number of aliphatic carboxylic acids is 1. The van der Waals surface area contributed by atoms with E-state index in [2.05, 4.69) is 9.88 Å². The second kappa shape index (κ2) is 9.11. The number of carboxylic acids is 1. The Labute approximate surface area is 172 Å². The average Bonchev–Trinajstić information content (AvgIpc) is 2.73. The van der Waals surface area contributed by atoms with Gasteiger partial charge in [-0.05, 0) is 62.3 Å². The molecule has 2 unspecified atom stereocenters. The van der Waals surface area contributed by atoms with Crippen LogP contribution in [0, 0.1) is 5.92 Å². The first-order valence-electron chi connectivity index (χ1n) is 10.0. The van der Waals surface area contributed by atoms with Crippen molar-refractivity contribution in [2.24, 2.45) is 11.7 Å². The third-order valence-corrected chi connectivity index (χ3v) is 6.16. The maximum atomic E-state index is 12.0. The van der Waals surface area contributed by atoms with Crippen molar-refractivity contribution in [1.82, 2.24) is 9.88 Å². The summed E-state index contributed by atoms with van der Waals surface area (Å²) in [5, 5.41) is 30.1. The van der Waals surface area contributed by atoms with E-state index in [1.54, 1.807) is 12.3 Å². The Kier molecular flexibility index (Phi) is 6.77. The minimum atomic E-state index is -1.51. The molecule has 7 nitrogen and oxygen atoms in total. The number of aromatic hydroxyl groups is 1. The predicted octanol–water partition coefficient (Wildman–Crippen LogP) is 1.66. The molecule has 2 radical (unpaired) electrons. The molecule has 2 atom stereocenters. The summed E-state index contributed by atoms with van der Waals surface area (Å²) in [5.41, 5.74) is 6.37. The van der Waals surface area contributed by atoms with Gasteiger partial charge in [-0.25, -0.2) is 0 Å². The zero-order valence-electron chi connectivity index (χ0n) is 16.5. The van der Waals surface area contributed by atoms with Crippen molar-refractivity contribution in [2.75, 3.05) is 19.7 Å². The third kappa shape index (κ3) is 4.39. The van der Waals surface area contributed by atoms with Gasteiger partial charge in [-0.3, -0.25) is 14.7 Å². The molecule has 154 valence electrons. The van der Waals surface area contributed by atoms with Crippen LogP contribution in [0.15, 0.2) is 30.5 Å². The van der Waals surface area contributed by atoms with E-state index in [1.165, 1.54) is 0 Å². The number of aliphatic hydroxyl groups excluding tert-OH is 1. The van der Waals surface area contributed by atoms with Crippen LogP contribution in [0.1, 0.15) is 31.2 Å². The number of carboxylic acid groups (broad SMARTS) is 1. The number of fused-ring (bicyclic) bond motifs is 1. The lowest BCUT2D eigenvalue weighted by Gasteiger charge is -2.43. The predicted molar refractivity (Wildman–Crippen MR) is 112 cm³/mol. The number of nitrogens with zero attached hydrogens (tertiary/aromatic N) is 2. The maximum Gasteiger partial charge on any atom is 0.323 e. The minimum Gasteiger partial charge on any atom is -0.508 e. The Morgan fingerprint density at radius 3 is 2.72 bits per heavy atom. The number of phenols is 1. The molecule has 0 bridgehead atoms. The molecular formula is C21H28BN3O4. The summed E-state index contributed by atoms with van der Waals surface area (Å²) in [6, 6.07) is 7.35. The normalized spacial score (nSPS) is 19.1. The molecule has 1 aliphatic heterocycles. The fraction of sp³-hybridized carbons (Fsp3) is 0.524. The topological polar surface area (TPSA) is 120 Å². The van der Waals surface area contributed by atoms with E-state index < -0.39 is 17.3 Å². The van der Waals surface area contributed by atoms with Crippen molar-refractivity contribution in [3.63, 3.8) is 0 Å². The second-order valence-electron chi connectivity index (χ2n) is 7.90. The number of rotatable bonds is 8. The number of carbonyl (C=O) groups is 1. The fourth-order valence-electron chi connectivity index (χ4n) is 4.33. The quantitative estimate of drug-likeness (QED) is 0.500. The Bertz CT molecular complexity index is 857. The monoisotopic (exact) mass is 397 g/mol. The molecule has 1 saturated heterocycles. The van der Waals surface area contributed by atoms with Crippen LogP contribution in [-0.2, 0) is 11.3 Å². The number of hydrogen-bond donors (Lipinski definition) is 4. The highest BCUT2D eigenvalue weighted by Gasteiger charge is 2.46. The van der Waals surface area contributed by atoms with Gasteiger partial charge in [0.25, 0.3) is 0 Å². The van der Waals surface area contributed by atoms with Crippen LogP contribution in [0.2, 0.25) is 5.82 Å². The van der Waals surface area contributed by atoms with Gasteiger partial charge in [-0.1, -0.05) is 12.5 Å². The number of nitrogens with two attached hydrogens (primary N) is 1. The number of piperidine rings is 1. The Morgan fingerprint density at radius 1 is 1.34 bits per heavy atom. The number of aromatic nitrogens is 1. The molecular weight excluding hydrogens is 369 g/mol. The van der Waals surface area contributed by atoms with Gasteiger partial charge < -0.3 is 21.1 Å². The molecule has 5 N–H and O–H groups in total. The molecule has 1 aromatic carbocycles. The van der Waals surface area contributed by atoms with Crippen molar-refractivity contribution in [2.45, 2.75) is 43.6 Å². The van der Waals surface area contributed by atoms with Crippen LogP contribution < -0.4 is 5.73 Å². The van der Waals surface area contributed by atoms with Gasteiger partial charge in [0, 0.05) is 30.3 Å². The molecule has 1 aliphatic rings. The van der Waals surface area contributed by atoms with Gasteiger partial charge in [-0.15, -0.1) is 0 Å². The number of pyridine rings is 1. The average molecular weight is 397 g/mol. The van der Waals surface area contributed by atoms with E-state index in [-0.39, 0.29) is 18.3 Å². The van der Waals surface area contributed by atoms with Crippen LogP contribution in [0.4, 0.5) is 0 Å². The summed E-state index contributed by atoms with van der Waals surface area (Å²) >= 11 is 0. The molecule has 2 aromatic rings. The highest BCUT2D eigenvalue weighted by Crippen LogP contribution is 2.37. The van der Waals surface area contributed by atoms with E-state index >= 15 is 0 Å². The van der Waals surface area contributed by atoms with Crippen molar-refractivity contribution in [3.05, 3.63) is 36.0 Å². The maximum absolute atomic E-state index is 12.0. The van der Waals surface area contributed by atoms with Crippen LogP contribution in [-0.4, -0.2) is 64.3 Å². The lowest BCUT2D eigenvalue weighted by Crippen LogP contribution is -2.59. The first-order valence-corrected chi connectivity index (χ1v) is 10.0. The number of likely N-dealkylation sites (tertiary alicyclic amines) is 1. The van der Waals surface area contributed by atoms with Crippen LogP contribution in [0.5, 0.6) is 5.75 Å². The summed E-state index contributed by atoms with van der Waals surface area (Å²) < 4.78 is 0. The van der Waals surface area contributed by atoms with Gasteiger partial charge in [-0.2, -0.15) is 0 Å². The van der Waals surface area contributed by atoms with Gasteiger partial charge >= 0.3 is 5.97 Å². The molecule has 3 rings (SSSR count). The van der Waals surface area contributed by atoms with Gasteiger partial charge in [0.1, 0.15) is 11.3 Å². The Hall–Kier alpha value is -2.16. The zero-order chi connectivity index (χ0) is 21.0. The zero-order valence-corrected chi connectivity index (χ0v) is 16.5. The summed E-state index contributed by atoms with van der Waals surface area (Å²) in [4.78, 5) is 18.6. The van der Waals surface area contributed by atoms with Crippen molar-refractivity contribution >= 4 is 24.7 Å². The molecule has 0 aliphatic carbocycles. The van der Waals surface area contributed by atoms with Gasteiger partial charge in [0.2, 0.25) is 0 Å². The number of benzene rings is 1. The molecule has 2 heterocycles. The van der Waals surface area contributed by atoms with Crippen molar-refractivity contribution in [1.29, 1.82) is 0 Å². The number of hydrogen-bond acceptors (Lipinski definition) is 6. The van der Waals surface area contributed by atoms with E-state index in [1.807, 2.05) is 18.2 Å². The highest BCUT2D eigenvalue weighted by atomic mass is 16.4. The van der Waals surface area contributed by atoms with Crippen LogP contribution in [0.25, 0.3) is 10.9 Å². The van der Waals surface area contributed by atoms with Crippen LogP contribution in [0.3, 0.4) is 0 Å². The Balaban J connectivity index is 1.70. The molecule has 1 fully saturated rings. The third-order valence-electron chi connectivity index (χ3n) is 6.16. The van der Waals surface area contributed by atoms with Crippen molar-refractivity contribution in [3.8, 4) is 5.75 Å². The lowest BCUT2D eigenvalue weighted by molar-refractivity contribution is -0.147. The molecule has 29 heavy (non-hydrogen) atoms. The largest absolute Gasteiger partial charge is 0.508 e. The summed E-state index contributed by atoms with van der Waals surface area (Å²) in [5.74, 6) is -1.83. The standard InChI is InChI=1S/C21H28BN3O4/c22-18(4-2-12-26)21(23,20(28)29)15-7-10-25(11-8-15)13-16-17(27)6-5-14-3-1-9-24-19(14)16/h1,3,5-6,9,15,18,26-27H,2,4,7-8,10-13,23H2,(H,28,29). The van der Waals surface area contributed by atoms with E-state index in [9.17, 15) is 15.0 Å². The number of phenolic OH excluding ortho intramolecular Hbond substituents is 1. The lowest BCUT2D eigenvalue weighted by atomic mass is 9.61. The molecule has 0 saturated carbocycles. The SMILES string of the molecule is [B]C(CCCO)C(N)(C(=O)O)C1CCN(Cc2c(O)ccc3cccnc23)CC1. The summed E-state index contributed by atoms with van der Waals surface area (Å²) in [6.07, 6.45) is 3.72. The van der Waals surface area contributed by atoms with E-state index in [4.69, 9.17) is 18.7 Å². The first kappa shape index (κ1) is 21.6. The molecule has 0 amide bonds. The molecule has 0 spiro atoms. The van der Waals surface area contributed by atoms with E-state index in [0.717, 1.165) is 16.5 Å². The van der Waals surface area contributed by atoms with Gasteiger partial charge in [0.15, 0.2) is 0 Å². The van der Waals surface area contributed by atoms with E-state index in [0.29, 0.717) is 45.3 Å². The highest BCUT2D eigenvalue weighted by molar-refractivity contribution is 6.15. The molecule has 1 aromatic heterocycles. The van der Waals surface area contributed by atoms with Crippen LogP contribution >= 0.6 is 0 Å². The second-order valence-corrected chi connectivity index (χ2v) is 7.90. The molecule has 8 heteroatoms. The van der Waals surface area contributed by atoms with Gasteiger partial charge in [0.05, 0.1) is 13.4 Å². The van der Waals surface area contributed by atoms with Crippen molar-refractivity contribution < 1.29 is 20.1 Å².